The Balaban J connectivity index is 1.59. The first kappa shape index (κ1) is 14.8. The second kappa shape index (κ2) is 6.32. The number of aromatic nitrogens is 2. The smallest absolute Gasteiger partial charge is 0.251 e. The maximum atomic E-state index is 12.0. The number of benzene rings is 1. The van der Waals surface area contributed by atoms with Gasteiger partial charge in [0.05, 0.1) is 5.69 Å². The molecule has 0 saturated heterocycles. The predicted octanol–water partition coefficient (Wildman–Crippen LogP) is 3.38. The molecule has 3 aromatic rings. The maximum Gasteiger partial charge on any atom is 0.251 e. The van der Waals surface area contributed by atoms with Crippen LogP contribution in [-0.2, 0) is 6.42 Å². The molecular weight excluding hydrogens is 342 g/mol. The molecule has 0 bridgehead atoms. The highest BCUT2D eigenvalue weighted by Crippen LogP contribution is 2.11. The molecule has 0 saturated carbocycles. The van der Waals surface area contributed by atoms with Crippen molar-refractivity contribution in [3.8, 4) is 0 Å². The Hall–Kier alpha value is -2.14. The Labute approximate surface area is 137 Å². The Kier molecular flexibility index (Phi) is 4.24. The van der Waals surface area contributed by atoms with Gasteiger partial charge in [-0.25, -0.2) is 4.98 Å². The number of imidazole rings is 1. The normalized spacial score (nSPS) is 10.8. The summed E-state index contributed by atoms with van der Waals surface area (Å²) in [7, 11) is 0. The summed E-state index contributed by atoms with van der Waals surface area (Å²) in [6.07, 6.45) is 4.71. The molecular formula is C17H16BrN3O. The van der Waals surface area contributed by atoms with Crippen molar-refractivity contribution in [3.05, 3.63) is 70.1 Å². The van der Waals surface area contributed by atoms with E-state index >= 15 is 0 Å². The van der Waals surface area contributed by atoms with E-state index < -0.39 is 0 Å². The summed E-state index contributed by atoms with van der Waals surface area (Å²) in [5, 5.41) is 2.92. The van der Waals surface area contributed by atoms with Crippen LogP contribution in [0.1, 0.15) is 21.6 Å². The molecule has 0 radical (unpaired) electrons. The van der Waals surface area contributed by atoms with E-state index in [1.54, 1.807) is 12.1 Å². The molecule has 4 nitrogen and oxygen atoms in total. The van der Waals surface area contributed by atoms with E-state index in [1.807, 2.05) is 48.0 Å². The lowest BCUT2D eigenvalue weighted by Crippen LogP contribution is -2.25. The lowest BCUT2D eigenvalue weighted by Gasteiger charge is -2.04. The van der Waals surface area contributed by atoms with Crippen molar-refractivity contribution in [1.29, 1.82) is 0 Å². The molecule has 1 aromatic carbocycles. The number of nitrogens with zero attached hydrogens (tertiary/aromatic N) is 2. The van der Waals surface area contributed by atoms with E-state index in [4.69, 9.17) is 0 Å². The zero-order valence-electron chi connectivity index (χ0n) is 12.2. The van der Waals surface area contributed by atoms with Gasteiger partial charge in [-0.05, 0) is 48.9 Å². The van der Waals surface area contributed by atoms with Gasteiger partial charge in [-0.3, -0.25) is 4.79 Å². The minimum Gasteiger partial charge on any atom is -0.352 e. The fourth-order valence-electron chi connectivity index (χ4n) is 2.26. The number of hydrogen-bond acceptors (Lipinski definition) is 2. The van der Waals surface area contributed by atoms with Gasteiger partial charge in [0.25, 0.3) is 5.91 Å². The molecule has 0 aliphatic carbocycles. The molecule has 22 heavy (non-hydrogen) atoms. The molecule has 0 fully saturated rings. The van der Waals surface area contributed by atoms with Crippen molar-refractivity contribution in [2.75, 3.05) is 6.54 Å². The van der Waals surface area contributed by atoms with Crippen LogP contribution in [0.4, 0.5) is 0 Å². The van der Waals surface area contributed by atoms with E-state index in [1.165, 1.54) is 5.56 Å². The molecule has 112 valence electrons. The van der Waals surface area contributed by atoms with Gasteiger partial charge in [-0.1, -0.05) is 15.9 Å². The number of rotatable bonds is 4. The van der Waals surface area contributed by atoms with Crippen molar-refractivity contribution in [1.82, 2.24) is 14.7 Å². The number of amides is 1. The van der Waals surface area contributed by atoms with E-state index in [-0.39, 0.29) is 5.91 Å². The van der Waals surface area contributed by atoms with E-state index in [0.717, 1.165) is 15.8 Å². The van der Waals surface area contributed by atoms with Crippen molar-refractivity contribution < 1.29 is 4.79 Å². The molecule has 5 heteroatoms. The molecule has 0 aliphatic rings. The SMILES string of the molecule is Cc1ccn2cc(CCNC(=O)c3ccc(Br)cc3)nc2c1. The van der Waals surface area contributed by atoms with Crippen LogP contribution in [0.2, 0.25) is 0 Å². The molecule has 3 rings (SSSR count). The van der Waals surface area contributed by atoms with Gasteiger partial charge < -0.3 is 9.72 Å². The highest BCUT2D eigenvalue weighted by Gasteiger charge is 2.06. The molecule has 1 amide bonds. The Morgan fingerprint density at radius 1 is 1.27 bits per heavy atom. The number of carbonyl (C=O) groups excluding carboxylic acids is 1. The number of carbonyl (C=O) groups is 1. The number of nitrogens with one attached hydrogen (secondary N) is 1. The van der Waals surface area contributed by atoms with Gasteiger partial charge in [-0.2, -0.15) is 0 Å². The molecule has 0 atom stereocenters. The average Bonchev–Trinajstić information content (AvgIpc) is 2.89. The summed E-state index contributed by atoms with van der Waals surface area (Å²) in [6.45, 7) is 2.62. The molecule has 0 aliphatic heterocycles. The number of hydrogen-bond donors (Lipinski definition) is 1. The van der Waals surface area contributed by atoms with Crippen molar-refractivity contribution in [2.24, 2.45) is 0 Å². The van der Waals surface area contributed by atoms with E-state index in [0.29, 0.717) is 18.5 Å². The first-order chi connectivity index (χ1) is 10.6. The summed E-state index contributed by atoms with van der Waals surface area (Å²) in [4.78, 5) is 16.6. The van der Waals surface area contributed by atoms with Crippen LogP contribution in [0.25, 0.3) is 5.65 Å². The van der Waals surface area contributed by atoms with Crippen molar-refractivity contribution in [2.45, 2.75) is 13.3 Å². The van der Waals surface area contributed by atoms with E-state index in [2.05, 4.69) is 26.2 Å². The highest BCUT2D eigenvalue weighted by molar-refractivity contribution is 9.10. The van der Waals surface area contributed by atoms with Crippen LogP contribution in [0, 0.1) is 6.92 Å². The summed E-state index contributed by atoms with van der Waals surface area (Å²) in [5.41, 5.74) is 3.76. The first-order valence-electron chi connectivity index (χ1n) is 7.10. The lowest BCUT2D eigenvalue weighted by molar-refractivity contribution is 0.0954. The molecule has 2 heterocycles. The number of fused-ring (bicyclic) bond motifs is 1. The van der Waals surface area contributed by atoms with Gasteiger partial charge >= 0.3 is 0 Å². The largest absolute Gasteiger partial charge is 0.352 e. The van der Waals surface area contributed by atoms with Crippen LogP contribution >= 0.6 is 15.9 Å². The Morgan fingerprint density at radius 2 is 2.05 bits per heavy atom. The Bertz CT molecular complexity index is 808. The van der Waals surface area contributed by atoms with Crippen LogP contribution in [0.15, 0.2) is 53.3 Å². The third-order valence-corrected chi connectivity index (χ3v) is 3.97. The third kappa shape index (κ3) is 3.36. The van der Waals surface area contributed by atoms with Gasteiger partial charge in [0.1, 0.15) is 5.65 Å². The summed E-state index contributed by atoms with van der Waals surface area (Å²) in [5.74, 6) is -0.0629. The number of halogens is 1. The number of pyridine rings is 1. The van der Waals surface area contributed by atoms with Crippen molar-refractivity contribution >= 4 is 27.5 Å². The summed E-state index contributed by atoms with van der Waals surface area (Å²) >= 11 is 3.36. The van der Waals surface area contributed by atoms with Crippen LogP contribution < -0.4 is 5.32 Å². The Morgan fingerprint density at radius 3 is 2.82 bits per heavy atom. The van der Waals surface area contributed by atoms with Crippen molar-refractivity contribution in [3.63, 3.8) is 0 Å². The zero-order valence-corrected chi connectivity index (χ0v) is 13.8. The second-order valence-corrected chi connectivity index (χ2v) is 6.13. The number of aryl methyl sites for hydroxylation is 1. The minimum atomic E-state index is -0.0629. The average molecular weight is 358 g/mol. The molecule has 2 aromatic heterocycles. The van der Waals surface area contributed by atoms with Crippen LogP contribution in [0.5, 0.6) is 0 Å². The van der Waals surface area contributed by atoms with Gasteiger partial charge in [0, 0.05) is 35.4 Å². The third-order valence-electron chi connectivity index (χ3n) is 3.44. The van der Waals surface area contributed by atoms with Gasteiger partial charge in [0.15, 0.2) is 0 Å². The monoisotopic (exact) mass is 357 g/mol. The lowest BCUT2D eigenvalue weighted by atomic mass is 10.2. The summed E-state index contributed by atoms with van der Waals surface area (Å²) in [6, 6.07) is 11.4. The first-order valence-corrected chi connectivity index (χ1v) is 7.89. The van der Waals surface area contributed by atoms with E-state index in [9.17, 15) is 4.79 Å². The molecule has 0 spiro atoms. The fraction of sp³-hybridized carbons (Fsp3) is 0.176. The fourth-order valence-corrected chi connectivity index (χ4v) is 2.53. The predicted molar refractivity (Wildman–Crippen MR) is 90.1 cm³/mol. The summed E-state index contributed by atoms with van der Waals surface area (Å²) < 4.78 is 2.96. The quantitative estimate of drug-likeness (QED) is 0.777. The topological polar surface area (TPSA) is 46.4 Å². The van der Waals surface area contributed by atoms with Crippen LogP contribution in [0.3, 0.4) is 0 Å². The second-order valence-electron chi connectivity index (χ2n) is 5.21. The van der Waals surface area contributed by atoms with Gasteiger partial charge in [0.2, 0.25) is 0 Å². The molecule has 1 N–H and O–H groups in total. The van der Waals surface area contributed by atoms with Gasteiger partial charge in [-0.15, -0.1) is 0 Å². The zero-order chi connectivity index (χ0) is 15.5. The highest BCUT2D eigenvalue weighted by atomic mass is 79.9. The standard InChI is InChI=1S/C17H16BrN3O/c1-12-7-9-21-11-15(20-16(21)10-12)6-8-19-17(22)13-2-4-14(18)5-3-13/h2-5,7,9-11H,6,8H2,1H3,(H,19,22). The molecule has 0 unspecified atom stereocenters. The minimum absolute atomic E-state index is 0.0629. The maximum absolute atomic E-state index is 12.0. The van der Waals surface area contributed by atoms with Crippen LogP contribution in [-0.4, -0.2) is 21.8 Å².